The summed E-state index contributed by atoms with van der Waals surface area (Å²) in [4.78, 5) is 162. The van der Waals surface area contributed by atoms with E-state index in [1.54, 1.807) is 60.7 Å². The molecule has 486 valence electrons. The van der Waals surface area contributed by atoms with E-state index >= 15 is 0 Å². The average Bonchev–Trinajstić information content (AvgIpc) is 1.56. The summed E-state index contributed by atoms with van der Waals surface area (Å²) < 4.78 is 34.4. The number of alkyl halides is 2. The van der Waals surface area contributed by atoms with Crippen LogP contribution in [-0.4, -0.2) is 135 Å². The maximum atomic E-state index is 14.3. The van der Waals surface area contributed by atoms with Crippen LogP contribution in [0.25, 0.3) is 33.7 Å². The number of carbonyl (C=O) groups excluding carboxylic acids is 9. The minimum Gasteiger partial charge on any atom is -0.404 e. The molecule has 4 aliphatic rings. The van der Waals surface area contributed by atoms with E-state index in [9.17, 15) is 71.9 Å². The number of primary amides is 1. The van der Waals surface area contributed by atoms with Gasteiger partial charge in [0.15, 0.2) is 0 Å². The molecule has 26 nitrogen and oxygen atoms in total. The van der Waals surface area contributed by atoms with Crippen molar-refractivity contribution in [3.63, 3.8) is 0 Å². The van der Waals surface area contributed by atoms with Gasteiger partial charge in [-0.3, -0.25) is 62.8 Å². The summed E-state index contributed by atoms with van der Waals surface area (Å²) in [5, 5.41) is 15.4. The lowest BCUT2D eigenvalue weighted by Gasteiger charge is -2.39. The van der Waals surface area contributed by atoms with Crippen molar-refractivity contribution in [1.82, 2.24) is 26.2 Å². The van der Waals surface area contributed by atoms with Gasteiger partial charge in [0.1, 0.15) is 23.0 Å². The van der Waals surface area contributed by atoms with Gasteiger partial charge < -0.3 is 51.2 Å². The lowest BCUT2D eigenvalue weighted by Crippen LogP contribution is -2.59. The zero-order valence-corrected chi connectivity index (χ0v) is 52.7. The first-order valence-corrected chi connectivity index (χ1v) is 33.6. The Bertz CT molecular complexity index is 3940. The Kier molecular flexibility index (Phi) is 21.7. The first-order valence-electron chi connectivity index (χ1n) is 29.5. The molecule has 3 atom stereocenters. The molecule has 0 spiro atoms. The van der Waals surface area contributed by atoms with Crippen molar-refractivity contribution in [2.75, 3.05) is 66.1 Å². The highest BCUT2D eigenvalue weighted by Crippen LogP contribution is 2.51. The summed E-state index contributed by atoms with van der Waals surface area (Å²) in [6.45, 7) is 0.412. The van der Waals surface area contributed by atoms with Crippen molar-refractivity contribution < 1.29 is 80.9 Å². The molecule has 0 unspecified atom stereocenters. The van der Waals surface area contributed by atoms with Gasteiger partial charge >= 0.3 is 21.7 Å². The molecule has 92 heavy (non-hydrogen) atoms. The fraction of sp³-hybridized carbons (Fsp3) is 0.339. The number of fused-ring (bicyclic) bond motifs is 6. The van der Waals surface area contributed by atoms with Gasteiger partial charge in [0.25, 0.3) is 23.6 Å². The molecule has 1 fully saturated rings. The Balaban J connectivity index is 0.923. The van der Waals surface area contributed by atoms with Crippen LogP contribution in [0.3, 0.4) is 0 Å². The number of phosphoric acid groups is 2. The van der Waals surface area contributed by atoms with Crippen molar-refractivity contribution in [2.45, 2.75) is 75.7 Å². The first-order chi connectivity index (χ1) is 43.9. The van der Waals surface area contributed by atoms with Gasteiger partial charge in [0.2, 0.25) is 23.6 Å². The second-order valence-electron chi connectivity index (χ2n) is 22.4. The van der Waals surface area contributed by atoms with E-state index in [1.165, 1.54) is 64.5 Å². The largest absolute Gasteiger partial charge is 0.524 e. The smallest absolute Gasteiger partial charge is 0.404 e. The Morgan fingerprint density at radius 3 is 1.73 bits per heavy atom. The second kappa shape index (κ2) is 29.4. The molecule has 1 saturated carbocycles. The number of nitrogens with zero attached hydrogens (tertiary/aromatic N) is 3. The normalized spacial score (nSPS) is 17.0. The molecule has 5 aromatic rings. The molecule has 10 amide bonds. The second-order valence-corrected chi connectivity index (χ2v) is 25.4. The van der Waals surface area contributed by atoms with E-state index in [4.69, 9.17) is 38.0 Å². The molecule has 1 aliphatic carbocycles. The molecule has 0 radical (unpaired) electrons. The number of carbonyl (C=O) groups is 9. The summed E-state index contributed by atoms with van der Waals surface area (Å²) in [5.41, 5.74) is 6.53. The fourth-order valence-electron chi connectivity index (χ4n) is 11.7. The molecular formula is C62H67Cl2N9O17P2. The fourth-order valence-corrected chi connectivity index (χ4v) is 13.1. The van der Waals surface area contributed by atoms with Crippen LogP contribution < -0.4 is 51.2 Å². The summed E-state index contributed by atoms with van der Waals surface area (Å²) in [5.74, 6) is -5.36. The number of benzene rings is 5. The van der Waals surface area contributed by atoms with E-state index < -0.39 is 74.5 Å². The number of imide groups is 1. The number of hydrogen-bond donors (Lipinski definition) is 10. The van der Waals surface area contributed by atoms with Crippen molar-refractivity contribution in [3.05, 3.63) is 125 Å². The van der Waals surface area contributed by atoms with E-state index in [0.717, 1.165) is 4.90 Å². The van der Waals surface area contributed by atoms with Crippen molar-refractivity contribution in [1.29, 1.82) is 0 Å². The van der Waals surface area contributed by atoms with Crippen molar-refractivity contribution in [3.8, 4) is 11.5 Å². The highest BCUT2D eigenvalue weighted by Gasteiger charge is 2.51. The zero-order valence-electron chi connectivity index (χ0n) is 49.4. The third kappa shape index (κ3) is 16.1. The Labute approximate surface area is 537 Å². The van der Waals surface area contributed by atoms with Gasteiger partial charge in [-0.2, -0.15) is 0 Å². The van der Waals surface area contributed by atoms with Crippen LogP contribution in [0.1, 0.15) is 91.9 Å². The van der Waals surface area contributed by atoms with Crippen LogP contribution in [0.15, 0.2) is 103 Å². The van der Waals surface area contributed by atoms with Crippen LogP contribution in [0.2, 0.25) is 0 Å². The minimum absolute atomic E-state index is 0.00840. The molecule has 5 aromatic carbocycles. The SMILES string of the molecule is NC(=O)NCCC[C@@H](NC(=O)C1(C(=O)NCCCCCN2C(=O)C=CC2=O)CCC1)C(=O)NCCC(=O)Nc1cc(/C=C/C(=O)N2C[C@@H](CCl)c3c2cc(OP(=O)(O)O)c2ccccc32)ccc1/C=C/C(=O)N1C[C@@H](CCl)c2c1cc(OP(=O)(O)O)c1ccccc21. The van der Waals surface area contributed by atoms with E-state index in [1.807, 2.05) is 0 Å². The number of nitrogens with two attached hydrogens (primary N) is 1. The molecule has 30 heteroatoms. The Hall–Kier alpha value is -8.45. The molecule has 0 aromatic heterocycles. The number of anilines is 3. The lowest BCUT2D eigenvalue weighted by molar-refractivity contribution is -0.151. The summed E-state index contributed by atoms with van der Waals surface area (Å²) in [6.07, 6.45) is 10.2. The quantitative estimate of drug-likeness (QED) is 0.00641. The van der Waals surface area contributed by atoms with Crippen LogP contribution in [0, 0.1) is 5.41 Å². The highest BCUT2D eigenvalue weighted by atomic mass is 35.5. The predicted octanol–water partition coefficient (Wildman–Crippen LogP) is 6.46. The number of halogens is 2. The zero-order chi connectivity index (χ0) is 66.1. The third-order valence-electron chi connectivity index (χ3n) is 16.3. The number of hydrogen-bond acceptors (Lipinski definition) is 13. The van der Waals surface area contributed by atoms with Crippen LogP contribution in [0.5, 0.6) is 11.5 Å². The molecule has 3 heterocycles. The van der Waals surface area contributed by atoms with Crippen LogP contribution in [-0.2, 0) is 47.5 Å². The number of urea groups is 1. The minimum atomic E-state index is -5.07. The van der Waals surface area contributed by atoms with Gasteiger partial charge in [0, 0.05) is 122 Å². The van der Waals surface area contributed by atoms with E-state index in [2.05, 4.69) is 26.6 Å². The summed E-state index contributed by atoms with van der Waals surface area (Å²) in [7, 11) is -10.1. The topological polar surface area (TPSA) is 383 Å². The molecule has 9 rings (SSSR count). The Morgan fingerprint density at radius 1 is 0.663 bits per heavy atom. The number of amides is 10. The number of unbranched alkanes of at least 4 members (excludes halogenated alkanes) is 2. The Morgan fingerprint density at radius 2 is 1.21 bits per heavy atom. The highest BCUT2D eigenvalue weighted by molar-refractivity contribution is 7.47. The number of phosphoric ester groups is 2. The first kappa shape index (κ1) is 67.9. The maximum absolute atomic E-state index is 14.3. The van der Waals surface area contributed by atoms with Crippen molar-refractivity contribution in [2.24, 2.45) is 11.1 Å². The van der Waals surface area contributed by atoms with E-state index in [-0.39, 0.29) is 124 Å². The maximum Gasteiger partial charge on any atom is 0.524 e. The number of nitrogens with one attached hydrogen (secondary N) is 5. The van der Waals surface area contributed by atoms with Crippen molar-refractivity contribution >= 4 is 143 Å². The van der Waals surface area contributed by atoms with Gasteiger partial charge in [-0.15, -0.1) is 23.2 Å². The van der Waals surface area contributed by atoms with E-state index in [0.29, 0.717) is 75.3 Å². The van der Waals surface area contributed by atoms with Gasteiger partial charge in [-0.25, -0.2) is 13.9 Å². The summed E-state index contributed by atoms with van der Waals surface area (Å²) in [6, 6.07) is 18.9. The standard InChI is InChI=1S/C62H67Cl2N9O17P2/c63-33-39-35-72(47-31-49(89-91(83,84)85)41-10-2-4-12-43(41)56(39)47)54(77)19-16-37-15-17-38(18-20-55(78)73-36-40(34-64)57-44-13-5-3-11-42(44)50(32-48(57)73)90-92(86,87)88)46(30-37)69-51(74)23-28-66-58(79)45(14-8-27-68-61(65)82)70-60(81)62(24-9-25-62)59(80)67-26-6-1-7-29-71-52(75)21-22-53(71)76/h2-5,10-13,15-22,30-32,39-40,45H,1,6-9,14,23-29,33-36H2,(H,66,79)(H,67,80)(H,69,74)(H,70,81)(H3,65,68,82)(H2,83,84,85)(H2,86,87,88)/b19-16+,20-18+/t39-,40-,45-/m1/s1. The van der Waals surface area contributed by atoms with Crippen LogP contribution >= 0.6 is 38.8 Å². The molecule has 0 saturated heterocycles. The molecule has 3 aliphatic heterocycles. The predicted molar refractivity (Wildman–Crippen MR) is 343 cm³/mol. The lowest BCUT2D eigenvalue weighted by atomic mass is 9.67. The van der Waals surface area contributed by atoms with Gasteiger partial charge in [-0.05, 0) is 96.2 Å². The third-order valence-corrected chi connectivity index (χ3v) is 17.9. The average molecular weight is 1340 g/mol. The van der Waals surface area contributed by atoms with Gasteiger partial charge in [0.05, 0.1) is 11.4 Å². The molecule has 0 bridgehead atoms. The van der Waals surface area contributed by atoms with Gasteiger partial charge in [-0.1, -0.05) is 67.1 Å². The molecule has 11 N–H and O–H groups in total. The number of rotatable bonds is 28. The molecular weight excluding hydrogens is 1280 g/mol. The monoisotopic (exact) mass is 1340 g/mol. The van der Waals surface area contributed by atoms with Crippen LogP contribution in [0.4, 0.5) is 21.9 Å². The summed E-state index contributed by atoms with van der Waals surface area (Å²) >= 11 is 12.9.